The largest absolute Gasteiger partial charge is 0.493 e. The maximum Gasteiger partial charge on any atom is 0.266 e. The fraction of sp³-hybridized carbons (Fsp3) is 0.261. The molecule has 0 spiro atoms. The van der Waals surface area contributed by atoms with Gasteiger partial charge in [0.2, 0.25) is 0 Å². The molecule has 0 aliphatic carbocycles. The first-order valence-electron chi connectivity index (χ1n) is 10.1. The highest BCUT2D eigenvalue weighted by atomic mass is 35.5. The van der Waals surface area contributed by atoms with Crippen molar-refractivity contribution < 1.29 is 14.3 Å². The summed E-state index contributed by atoms with van der Waals surface area (Å²) in [5.74, 6) is 0.926. The lowest BCUT2D eigenvalue weighted by Gasteiger charge is -2.20. The number of rotatable bonds is 9. The Kier molecular flexibility index (Phi) is 6.92. The zero-order valence-electron chi connectivity index (χ0n) is 17.8. The van der Waals surface area contributed by atoms with E-state index in [2.05, 4.69) is 4.98 Å². The minimum atomic E-state index is -0.177. The van der Waals surface area contributed by atoms with Crippen molar-refractivity contribution in [1.29, 1.82) is 0 Å². The van der Waals surface area contributed by atoms with Crippen LogP contribution in [-0.4, -0.2) is 40.7 Å². The van der Waals surface area contributed by atoms with Gasteiger partial charge in [-0.3, -0.25) is 9.69 Å². The number of carbonyl (C=O) groups is 1. The van der Waals surface area contributed by atoms with E-state index in [1.54, 1.807) is 36.7 Å². The van der Waals surface area contributed by atoms with Crippen LogP contribution in [0.25, 0.3) is 10.2 Å². The van der Waals surface area contributed by atoms with Crippen molar-refractivity contribution in [1.82, 2.24) is 14.5 Å². The van der Waals surface area contributed by atoms with Gasteiger partial charge in [-0.1, -0.05) is 35.1 Å². The standard InChI is InChI=1S/C23H23ClN4O3S/c1-16-12-17(24)13-20-22(16)26-23(32-20)28(10-5-9-27-11-8-25-15-27)21(29)14-31-19-7-4-3-6-18(19)30-2/h3-4,6-8,11-13,15H,5,9-10,14H2,1-2H3. The van der Waals surface area contributed by atoms with Crippen LogP contribution in [0.5, 0.6) is 11.5 Å². The molecule has 0 fully saturated rings. The van der Waals surface area contributed by atoms with Gasteiger partial charge < -0.3 is 14.0 Å². The van der Waals surface area contributed by atoms with Crippen molar-refractivity contribution in [3.8, 4) is 11.5 Å². The van der Waals surface area contributed by atoms with Crippen LogP contribution in [0.4, 0.5) is 5.13 Å². The summed E-state index contributed by atoms with van der Waals surface area (Å²) in [6.07, 6.45) is 6.15. The smallest absolute Gasteiger partial charge is 0.266 e. The molecule has 166 valence electrons. The second kappa shape index (κ2) is 10.0. The first-order chi connectivity index (χ1) is 15.5. The Labute approximate surface area is 195 Å². The number of methoxy groups -OCH3 is 1. The highest BCUT2D eigenvalue weighted by Gasteiger charge is 2.21. The lowest BCUT2D eigenvalue weighted by atomic mass is 10.2. The monoisotopic (exact) mass is 470 g/mol. The van der Waals surface area contributed by atoms with E-state index in [1.165, 1.54) is 11.3 Å². The molecule has 0 saturated heterocycles. The van der Waals surface area contributed by atoms with Gasteiger partial charge in [0.05, 0.1) is 23.7 Å². The molecule has 2 heterocycles. The summed E-state index contributed by atoms with van der Waals surface area (Å²) in [7, 11) is 1.57. The predicted molar refractivity (Wildman–Crippen MR) is 127 cm³/mol. The quantitative estimate of drug-likeness (QED) is 0.345. The van der Waals surface area contributed by atoms with E-state index in [0.29, 0.717) is 28.2 Å². The Morgan fingerprint density at radius 2 is 2.06 bits per heavy atom. The number of thiazole rings is 1. The number of aromatic nitrogens is 3. The van der Waals surface area contributed by atoms with E-state index in [-0.39, 0.29) is 12.5 Å². The Morgan fingerprint density at radius 3 is 2.81 bits per heavy atom. The topological polar surface area (TPSA) is 69.5 Å². The maximum absolute atomic E-state index is 13.2. The average molecular weight is 471 g/mol. The van der Waals surface area contributed by atoms with Crippen molar-refractivity contribution in [2.75, 3.05) is 25.2 Å². The molecular weight excluding hydrogens is 448 g/mol. The maximum atomic E-state index is 13.2. The van der Waals surface area contributed by atoms with Crippen LogP contribution in [-0.2, 0) is 11.3 Å². The second-order valence-electron chi connectivity index (χ2n) is 7.20. The molecule has 0 N–H and O–H groups in total. The number of para-hydroxylation sites is 2. The Morgan fingerprint density at radius 1 is 1.25 bits per heavy atom. The molecule has 1 amide bonds. The Balaban J connectivity index is 1.55. The van der Waals surface area contributed by atoms with Crippen molar-refractivity contribution in [3.05, 3.63) is 65.7 Å². The number of hydrogen-bond acceptors (Lipinski definition) is 6. The Bertz CT molecular complexity index is 1210. The molecule has 0 aliphatic heterocycles. The van der Waals surface area contributed by atoms with Crippen LogP contribution in [0, 0.1) is 6.92 Å². The van der Waals surface area contributed by atoms with Crippen LogP contribution < -0.4 is 14.4 Å². The summed E-state index contributed by atoms with van der Waals surface area (Å²) >= 11 is 7.67. The lowest BCUT2D eigenvalue weighted by Crippen LogP contribution is -2.36. The van der Waals surface area contributed by atoms with Crippen molar-refractivity contribution in [2.24, 2.45) is 0 Å². The molecule has 0 saturated carbocycles. The number of ether oxygens (including phenoxy) is 2. The molecular formula is C23H23ClN4O3S. The first kappa shape index (κ1) is 22.1. The number of halogens is 1. The normalized spacial score (nSPS) is 11.0. The molecule has 2 aromatic carbocycles. The molecule has 9 heteroatoms. The zero-order valence-corrected chi connectivity index (χ0v) is 19.4. The average Bonchev–Trinajstić information content (AvgIpc) is 3.45. The van der Waals surface area contributed by atoms with E-state index in [9.17, 15) is 4.79 Å². The van der Waals surface area contributed by atoms with Gasteiger partial charge in [0.1, 0.15) is 0 Å². The number of anilines is 1. The van der Waals surface area contributed by atoms with E-state index in [1.807, 2.05) is 42.0 Å². The molecule has 7 nitrogen and oxygen atoms in total. The third-order valence-corrected chi connectivity index (χ3v) is 6.19. The van der Waals surface area contributed by atoms with Crippen LogP contribution in [0.1, 0.15) is 12.0 Å². The Hall–Kier alpha value is -3.10. The first-order valence-corrected chi connectivity index (χ1v) is 11.3. The van der Waals surface area contributed by atoms with E-state index in [4.69, 9.17) is 26.1 Å². The minimum absolute atomic E-state index is 0.124. The SMILES string of the molecule is COc1ccccc1OCC(=O)N(CCCn1ccnc1)c1nc2c(C)cc(Cl)cc2s1. The van der Waals surface area contributed by atoms with Crippen LogP contribution in [0.3, 0.4) is 0 Å². The van der Waals surface area contributed by atoms with Gasteiger partial charge >= 0.3 is 0 Å². The van der Waals surface area contributed by atoms with Crippen LogP contribution in [0.15, 0.2) is 55.1 Å². The van der Waals surface area contributed by atoms with Gasteiger partial charge in [-0.05, 0) is 43.2 Å². The lowest BCUT2D eigenvalue weighted by molar-refractivity contribution is -0.120. The van der Waals surface area contributed by atoms with Crippen molar-refractivity contribution in [2.45, 2.75) is 19.9 Å². The molecule has 2 aromatic heterocycles. The molecule has 0 radical (unpaired) electrons. The number of benzene rings is 2. The van der Waals surface area contributed by atoms with E-state index >= 15 is 0 Å². The van der Waals surface area contributed by atoms with E-state index < -0.39 is 0 Å². The third-order valence-electron chi connectivity index (χ3n) is 4.95. The fourth-order valence-corrected chi connectivity index (χ4v) is 4.83. The van der Waals surface area contributed by atoms with Gasteiger partial charge in [-0.15, -0.1) is 0 Å². The minimum Gasteiger partial charge on any atom is -0.493 e. The fourth-order valence-electron chi connectivity index (χ4n) is 3.37. The van der Waals surface area contributed by atoms with Gasteiger partial charge in [0, 0.05) is 30.5 Å². The van der Waals surface area contributed by atoms with Crippen molar-refractivity contribution >= 4 is 44.2 Å². The number of fused-ring (bicyclic) bond motifs is 1. The summed E-state index contributed by atoms with van der Waals surface area (Å²) in [5.41, 5.74) is 1.83. The molecule has 0 bridgehead atoms. The third kappa shape index (κ3) is 5.03. The van der Waals surface area contributed by atoms with Gasteiger partial charge in [0.25, 0.3) is 5.91 Å². The number of amides is 1. The van der Waals surface area contributed by atoms with Gasteiger partial charge in [0.15, 0.2) is 23.2 Å². The number of carbonyl (C=O) groups excluding carboxylic acids is 1. The highest BCUT2D eigenvalue weighted by Crippen LogP contribution is 2.33. The number of hydrogen-bond donors (Lipinski definition) is 0. The summed E-state index contributed by atoms with van der Waals surface area (Å²) in [4.78, 5) is 23.7. The van der Waals surface area contributed by atoms with Crippen LogP contribution >= 0.6 is 22.9 Å². The van der Waals surface area contributed by atoms with Gasteiger partial charge in [-0.25, -0.2) is 9.97 Å². The molecule has 0 unspecified atom stereocenters. The van der Waals surface area contributed by atoms with Crippen molar-refractivity contribution in [3.63, 3.8) is 0 Å². The molecule has 32 heavy (non-hydrogen) atoms. The predicted octanol–water partition coefficient (Wildman–Crippen LogP) is 4.97. The number of imidazole rings is 1. The molecule has 4 aromatic rings. The molecule has 0 atom stereocenters. The summed E-state index contributed by atoms with van der Waals surface area (Å²) in [6.45, 7) is 3.08. The molecule has 0 aliphatic rings. The van der Waals surface area contributed by atoms with E-state index in [0.717, 1.165) is 28.7 Å². The second-order valence-corrected chi connectivity index (χ2v) is 8.65. The highest BCUT2D eigenvalue weighted by molar-refractivity contribution is 7.22. The number of aryl methyl sites for hydroxylation is 2. The van der Waals surface area contributed by atoms with Crippen LogP contribution in [0.2, 0.25) is 5.02 Å². The summed E-state index contributed by atoms with van der Waals surface area (Å²) in [6, 6.07) is 11.0. The van der Waals surface area contributed by atoms with Gasteiger partial charge in [-0.2, -0.15) is 0 Å². The summed E-state index contributed by atoms with van der Waals surface area (Å²) in [5, 5.41) is 1.28. The summed E-state index contributed by atoms with van der Waals surface area (Å²) < 4.78 is 14.0. The molecule has 4 rings (SSSR count). The number of nitrogens with zero attached hydrogens (tertiary/aromatic N) is 4. The zero-order chi connectivity index (χ0) is 22.5.